The molecule has 1 aromatic heterocycles. The molecule has 0 unspecified atom stereocenters. The summed E-state index contributed by atoms with van der Waals surface area (Å²) in [4.78, 5) is 19.9. The minimum atomic E-state index is 0.228. The number of rotatable bonds is 4. The number of nitrogens with zero attached hydrogens (tertiary/aromatic N) is 2. The lowest BCUT2D eigenvalue weighted by molar-refractivity contribution is -0.142. The van der Waals surface area contributed by atoms with Crippen molar-refractivity contribution in [2.75, 3.05) is 0 Å². The molecule has 4 heteroatoms. The molecule has 3 nitrogen and oxygen atoms in total. The maximum atomic E-state index is 13.1. The number of aryl methyl sites for hydroxylation is 1. The van der Waals surface area contributed by atoms with E-state index < -0.39 is 0 Å². The van der Waals surface area contributed by atoms with Gasteiger partial charge in [0.15, 0.2) is 0 Å². The van der Waals surface area contributed by atoms with Crippen LogP contribution in [0.5, 0.6) is 0 Å². The molecule has 0 bridgehead atoms. The summed E-state index contributed by atoms with van der Waals surface area (Å²) in [5.74, 6) is 0.565. The molecule has 0 N–H and O–H groups in total. The van der Waals surface area contributed by atoms with Gasteiger partial charge in [-0.25, -0.2) is 4.98 Å². The number of pyridine rings is 1. The molecule has 2 aliphatic carbocycles. The van der Waals surface area contributed by atoms with E-state index in [1.807, 2.05) is 0 Å². The number of carbonyl (C=O) groups excluding carboxylic acids is 1. The van der Waals surface area contributed by atoms with Crippen LogP contribution in [0.4, 0.5) is 0 Å². The van der Waals surface area contributed by atoms with Gasteiger partial charge in [0.2, 0.25) is 5.91 Å². The van der Waals surface area contributed by atoms with Crippen LogP contribution < -0.4 is 0 Å². The quantitative estimate of drug-likeness (QED) is 0.651. The molecule has 4 rings (SSSR count). The van der Waals surface area contributed by atoms with Crippen LogP contribution in [0.25, 0.3) is 10.9 Å². The monoisotopic (exact) mass is 370 g/mol. The first-order valence-electron chi connectivity index (χ1n) is 9.98. The Kier molecular flexibility index (Phi) is 5.17. The number of fused-ring (bicyclic) bond motifs is 1. The Morgan fingerprint density at radius 3 is 2.62 bits per heavy atom. The molecule has 1 aromatic carbocycles. The summed E-state index contributed by atoms with van der Waals surface area (Å²) < 4.78 is 0. The summed E-state index contributed by atoms with van der Waals surface area (Å²) in [6.45, 7) is 2.65. The summed E-state index contributed by atoms with van der Waals surface area (Å²) in [5.41, 5.74) is 3.06. The third kappa shape index (κ3) is 3.46. The molecule has 0 radical (unpaired) electrons. The first-order valence-corrected chi connectivity index (χ1v) is 10.4. The minimum absolute atomic E-state index is 0.228. The molecule has 0 spiro atoms. The SMILES string of the molecule is Cc1cccc2cc(CN(C(=O)C3CCC3)C3CCCCC3)c(Cl)nc12. The van der Waals surface area contributed by atoms with E-state index in [0.717, 1.165) is 47.7 Å². The van der Waals surface area contributed by atoms with E-state index in [-0.39, 0.29) is 5.92 Å². The van der Waals surface area contributed by atoms with Gasteiger partial charge in [0.25, 0.3) is 0 Å². The smallest absolute Gasteiger partial charge is 0.226 e. The predicted molar refractivity (Wildman–Crippen MR) is 106 cm³/mol. The summed E-state index contributed by atoms with van der Waals surface area (Å²) in [7, 11) is 0. The van der Waals surface area contributed by atoms with Crippen molar-refractivity contribution in [3.8, 4) is 0 Å². The molecule has 2 aliphatic rings. The number of hydrogen-bond donors (Lipinski definition) is 0. The fraction of sp³-hybridized carbons (Fsp3) is 0.545. The number of aromatic nitrogens is 1. The number of hydrogen-bond acceptors (Lipinski definition) is 2. The van der Waals surface area contributed by atoms with Crippen molar-refractivity contribution in [3.63, 3.8) is 0 Å². The Balaban J connectivity index is 1.65. The van der Waals surface area contributed by atoms with Gasteiger partial charge in [-0.2, -0.15) is 0 Å². The lowest BCUT2D eigenvalue weighted by Crippen LogP contribution is -2.45. The van der Waals surface area contributed by atoms with Crippen molar-refractivity contribution in [2.24, 2.45) is 5.92 Å². The molecular weight excluding hydrogens is 344 g/mol. The fourth-order valence-corrected chi connectivity index (χ4v) is 4.53. The van der Waals surface area contributed by atoms with E-state index >= 15 is 0 Å². The number of benzene rings is 1. The largest absolute Gasteiger partial charge is 0.335 e. The minimum Gasteiger partial charge on any atom is -0.335 e. The highest BCUT2D eigenvalue weighted by Gasteiger charge is 2.34. The van der Waals surface area contributed by atoms with Crippen LogP contribution in [0.15, 0.2) is 24.3 Å². The first kappa shape index (κ1) is 17.8. The summed E-state index contributed by atoms with van der Waals surface area (Å²) >= 11 is 6.54. The van der Waals surface area contributed by atoms with Crippen molar-refractivity contribution in [1.29, 1.82) is 0 Å². The van der Waals surface area contributed by atoms with E-state index in [1.165, 1.54) is 25.7 Å². The molecule has 0 saturated heterocycles. The first-order chi connectivity index (χ1) is 12.6. The number of carbonyl (C=O) groups is 1. The van der Waals surface area contributed by atoms with Crippen molar-refractivity contribution in [1.82, 2.24) is 9.88 Å². The molecule has 0 atom stereocenters. The van der Waals surface area contributed by atoms with Crippen LogP contribution in [-0.2, 0) is 11.3 Å². The van der Waals surface area contributed by atoms with Gasteiger partial charge in [-0.3, -0.25) is 4.79 Å². The maximum Gasteiger partial charge on any atom is 0.226 e. The fourth-order valence-electron chi connectivity index (χ4n) is 4.33. The van der Waals surface area contributed by atoms with Crippen molar-refractivity contribution in [3.05, 3.63) is 40.5 Å². The normalized spacial score (nSPS) is 18.7. The van der Waals surface area contributed by atoms with Crippen LogP contribution in [0.2, 0.25) is 5.15 Å². The Labute approximate surface area is 160 Å². The Morgan fingerprint density at radius 2 is 1.92 bits per heavy atom. The van der Waals surface area contributed by atoms with E-state index in [0.29, 0.717) is 23.6 Å². The molecule has 0 aliphatic heterocycles. The van der Waals surface area contributed by atoms with Crippen LogP contribution in [-0.4, -0.2) is 21.8 Å². The Morgan fingerprint density at radius 1 is 1.15 bits per heavy atom. The van der Waals surface area contributed by atoms with Gasteiger partial charge in [-0.15, -0.1) is 0 Å². The van der Waals surface area contributed by atoms with Crippen molar-refractivity contribution >= 4 is 28.4 Å². The van der Waals surface area contributed by atoms with E-state index in [4.69, 9.17) is 11.6 Å². The van der Waals surface area contributed by atoms with Gasteiger partial charge in [-0.1, -0.05) is 55.5 Å². The number of para-hydroxylation sites is 1. The van der Waals surface area contributed by atoms with E-state index in [2.05, 4.69) is 41.1 Å². The standard InChI is InChI=1S/C22H27ClN2O/c1-15-7-5-10-17-13-18(21(23)24-20(15)17)14-25(19-11-3-2-4-12-19)22(26)16-8-6-9-16/h5,7,10,13,16,19H,2-4,6,8-9,11-12,14H2,1H3. The van der Waals surface area contributed by atoms with Gasteiger partial charge in [0, 0.05) is 29.5 Å². The van der Waals surface area contributed by atoms with Gasteiger partial charge in [-0.05, 0) is 44.2 Å². The van der Waals surface area contributed by atoms with Gasteiger partial charge in [0.1, 0.15) is 5.15 Å². The highest BCUT2D eigenvalue weighted by atomic mass is 35.5. The number of halogens is 1. The zero-order valence-corrected chi connectivity index (χ0v) is 16.3. The second-order valence-electron chi connectivity index (χ2n) is 7.97. The molecule has 1 heterocycles. The highest BCUT2D eigenvalue weighted by Crippen LogP contribution is 2.33. The van der Waals surface area contributed by atoms with E-state index in [1.54, 1.807) is 0 Å². The molecular formula is C22H27ClN2O. The number of amides is 1. The summed E-state index contributed by atoms with van der Waals surface area (Å²) in [6, 6.07) is 8.67. The maximum absolute atomic E-state index is 13.1. The second-order valence-corrected chi connectivity index (χ2v) is 8.33. The van der Waals surface area contributed by atoms with Crippen LogP contribution >= 0.6 is 11.6 Å². The highest BCUT2D eigenvalue weighted by molar-refractivity contribution is 6.30. The summed E-state index contributed by atoms with van der Waals surface area (Å²) in [5, 5.41) is 1.64. The van der Waals surface area contributed by atoms with Gasteiger partial charge >= 0.3 is 0 Å². The average molecular weight is 371 g/mol. The average Bonchev–Trinajstić information content (AvgIpc) is 2.60. The zero-order chi connectivity index (χ0) is 18.1. The van der Waals surface area contributed by atoms with Crippen LogP contribution in [0, 0.1) is 12.8 Å². The zero-order valence-electron chi connectivity index (χ0n) is 15.5. The Bertz CT molecular complexity index is 809. The molecule has 26 heavy (non-hydrogen) atoms. The topological polar surface area (TPSA) is 33.2 Å². The van der Waals surface area contributed by atoms with E-state index in [9.17, 15) is 4.79 Å². The van der Waals surface area contributed by atoms with Crippen molar-refractivity contribution in [2.45, 2.75) is 70.9 Å². The third-order valence-corrected chi connectivity index (χ3v) is 6.49. The van der Waals surface area contributed by atoms with Gasteiger partial charge in [0.05, 0.1) is 5.52 Å². The van der Waals surface area contributed by atoms with Crippen molar-refractivity contribution < 1.29 is 4.79 Å². The van der Waals surface area contributed by atoms with Gasteiger partial charge < -0.3 is 4.90 Å². The second kappa shape index (κ2) is 7.56. The molecule has 1 amide bonds. The van der Waals surface area contributed by atoms with Crippen LogP contribution in [0.3, 0.4) is 0 Å². The molecule has 2 aromatic rings. The summed E-state index contributed by atoms with van der Waals surface area (Å²) in [6.07, 6.45) is 9.26. The van der Waals surface area contributed by atoms with Crippen LogP contribution in [0.1, 0.15) is 62.5 Å². The molecule has 138 valence electrons. The molecule has 2 fully saturated rings. The molecule has 2 saturated carbocycles. The Hall–Kier alpha value is -1.61. The third-order valence-electron chi connectivity index (χ3n) is 6.17. The predicted octanol–water partition coefficient (Wildman–Crippen LogP) is 5.66. The lowest BCUT2D eigenvalue weighted by atomic mass is 9.83. The lowest BCUT2D eigenvalue weighted by Gasteiger charge is -2.39.